The van der Waals surface area contributed by atoms with E-state index in [2.05, 4.69) is 35.7 Å². The minimum atomic E-state index is -0.978. The number of carbonyl (C=O) groups excluding carboxylic acids is 1. The lowest BCUT2D eigenvalue weighted by Crippen LogP contribution is -2.21. The lowest BCUT2D eigenvalue weighted by atomic mass is 10.1. The molecule has 4 aromatic rings. The molecule has 42 heavy (non-hydrogen) atoms. The number of non-ortho nitro benzene ring substituents is 2. The van der Waals surface area contributed by atoms with Crippen LogP contribution < -0.4 is 20.4 Å². The molecule has 0 amide bonds. The van der Waals surface area contributed by atoms with Gasteiger partial charge in [0.05, 0.1) is 27.7 Å². The second-order valence-corrected chi connectivity index (χ2v) is 9.05. The van der Waals surface area contributed by atoms with Gasteiger partial charge in [-0.1, -0.05) is 18.2 Å². The highest BCUT2D eigenvalue weighted by Gasteiger charge is 2.21. The predicted octanol–water partition coefficient (Wildman–Crippen LogP) is 4.70. The molecule has 2 heterocycles. The molecule has 1 saturated heterocycles. The zero-order chi connectivity index (χ0) is 29.5. The van der Waals surface area contributed by atoms with Gasteiger partial charge in [0.1, 0.15) is 5.75 Å². The average Bonchev–Trinajstić information content (AvgIpc) is 3.54. The molecule has 0 radical (unpaired) electrons. The second-order valence-electron chi connectivity index (χ2n) is 9.05. The Morgan fingerprint density at radius 2 is 1.52 bits per heavy atom. The van der Waals surface area contributed by atoms with Crippen molar-refractivity contribution in [1.82, 2.24) is 15.0 Å². The number of hydrogen-bond donors (Lipinski definition) is 2. The molecule has 0 unspecified atom stereocenters. The molecule has 1 aromatic heterocycles. The van der Waals surface area contributed by atoms with Crippen molar-refractivity contribution < 1.29 is 19.4 Å². The van der Waals surface area contributed by atoms with Crippen LogP contribution in [0.2, 0.25) is 0 Å². The van der Waals surface area contributed by atoms with Crippen LogP contribution in [0.5, 0.6) is 5.75 Å². The Kier molecular flexibility index (Phi) is 8.18. The Bertz CT molecular complexity index is 1610. The number of esters is 1. The Labute approximate surface area is 238 Å². The number of carbonyl (C=O) groups is 1. The average molecular weight is 570 g/mol. The molecule has 0 aliphatic carbocycles. The molecule has 2 N–H and O–H groups in total. The Hall–Kier alpha value is -5.99. The SMILES string of the molecule is O=C(Oc1ccc(/C=N\Nc2nc(Nc3ccccc3)nc(N3CCCC3)n2)cc1)c1cc([N+](=O)[O-])cc([N+](=O)[O-])c1. The van der Waals surface area contributed by atoms with Gasteiger partial charge in [-0.2, -0.15) is 20.1 Å². The monoisotopic (exact) mass is 569 g/mol. The minimum absolute atomic E-state index is 0.128. The third-order valence-corrected chi connectivity index (χ3v) is 6.07. The van der Waals surface area contributed by atoms with E-state index in [-0.39, 0.29) is 17.3 Å². The van der Waals surface area contributed by atoms with Crippen molar-refractivity contribution in [2.45, 2.75) is 12.8 Å². The van der Waals surface area contributed by atoms with E-state index in [1.807, 2.05) is 30.3 Å². The van der Waals surface area contributed by atoms with E-state index in [0.717, 1.165) is 49.8 Å². The van der Waals surface area contributed by atoms with Crippen LogP contribution >= 0.6 is 0 Å². The maximum atomic E-state index is 12.5. The number of aromatic nitrogens is 3. The fourth-order valence-electron chi connectivity index (χ4n) is 4.06. The van der Waals surface area contributed by atoms with Crippen LogP contribution in [0, 0.1) is 20.2 Å². The van der Waals surface area contributed by atoms with Gasteiger partial charge in [-0.05, 0) is 54.8 Å². The molecule has 1 fully saturated rings. The number of hydrazone groups is 1. The first kappa shape index (κ1) is 27.6. The van der Waals surface area contributed by atoms with Gasteiger partial charge in [0.25, 0.3) is 11.4 Å². The number of nitrogens with zero attached hydrogens (tertiary/aromatic N) is 7. The predicted molar refractivity (Wildman–Crippen MR) is 153 cm³/mol. The normalized spacial score (nSPS) is 12.7. The lowest BCUT2D eigenvalue weighted by Gasteiger charge is -2.16. The van der Waals surface area contributed by atoms with E-state index in [1.165, 1.54) is 18.3 Å². The second kappa shape index (κ2) is 12.5. The summed E-state index contributed by atoms with van der Waals surface area (Å²) in [4.78, 5) is 48.6. The summed E-state index contributed by atoms with van der Waals surface area (Å²) in [7, 11) is 0. The Balaban J connectivity index is 1.26. The van der Waals surface area contributed by atoms with Gasteiger partial charge in [0.2, 0.25) is 17.8 Å². The fraction of sp³-hybridized carbons (Fsp3) is 0.148. The quantitative estimate of drug-likeness (QED) is 0.0881. The van der Waals surface area contributed by atoms with Crippen LogP contribution in [0.1, 0.15) is 28.8 Å². The summed E-state index contributed by atoms with van der Waals surface area (Å²) < 4.78 is 5.24. The molecule has 0 atom stereocenters. The van der Waals surface area contributed by atoms with Crippen LogP contribution in [0.25, 0.3) is 0 Å². The van der Waals surface area contributed by atoms with Crippen molar-refractivity contribution in [3.63, 3.8) is 0 Å². The van der Waals surface area contributed by atoms with E-state index in [1.54, 1.807) is 12.1 Å². The molecule has 0 bridgehead atoms. The van der Waals surface area contributed by atoms with E-state index in [4.69, 9.17) is 4.74 Å². The molecule has 0 spiro atoms. The topological polar surface area (TPSA) is 191 Å². The molecule has 15 nitrogen and oxygen atoms in total. The van der Waals surface area contributed by atoms with Crippen LogP contribution in [0.15, 0.2) is 77.9 Å². The van der Waals surface area contributed by atoms with Crippen molar-refractivity contribution in [3.8, 4) is 5.75 Å². The Morgan fingerprint density at radius 3 is 2.17 bits per heavy atom. The van der Waals surface area contributed by atoms with Gasteiger partial charge >= 0.3 is 5.97 Å². The van der Waals surface area contributed by atoms with Crippen LogP contribution in [0.3, 0.4) is 0 Å². The molecule has 0 saturated carbocycles. The molecular formula is C27H23N9O6. The molecule has 212 valence electrons. The number of benzene rings is 3. The standard InChI is InChI=1S/C27H23N9O6/c37-24(19-14-21(35(38)39)16-22(15-19)36(40)41)42-23-10-8-18(9-11-23)17-28-33-26-30-25(29-20-6-2-1-3-7-20)31-27(32-26)34-12-4-5-13-34/h1-3,6-11,14-17H,4-5,12-13H2,(H2,29,30,31,32,33)/b28-17-. The van der Waals surface area contributed by atoms with E-state index >= 15 is 0 Å². The van der Waals surface area contributed by atoms with Crippen molar-refractivity contribution in [1.29, 1.82) is 0 Å². The van der Waals surface area contributed by atoms with E-state index < -0.39 is 27.2 Å². The summed E-state index contributed by atoms with van der Waals surface area (Å²) in [5, 5.41) is 29.6. The van der Waals surface area contributed by atoms with Crippen LogP contribution in [-0.2, 0) is 0 Å². The molecule has 3 aromatic carbocycles. The summed E-state index contributed by atoms with van der Waals surface area (Å²) in [5.74, 6) is 0.310. The van der Waals surface area contributed by atoms with E-state index in [0.29, 0.717) is 17.5 Å². The molecule has 15 heteroatoms. The van der Waals surface area contributed by atoms with E-state index in [9.17, 15) is 25.0 Å². The molecule has 1 aliphatic heterocycles. The third kappa shape index (κ3) is 6.95. The van der Waals surface area contributed by atoms with Crippen molar-refractivity contribution in [2.75, 3.05) is 28.7 Å². The number of ether oxygens (including phenoxy) is 1. The summed E-state index contributed by atoms with van der Waals surface area (Å²) in [5.41, 5.74) is 2.79. The van der Waals surface area contributed by atoms with Crippen LogP contribution in [0.4, 0.5) is 34.9 Å². The summed E-state index contributed by atoms with van der Waals surface area (Å²) in [6.45, 7) is 1.71. The fourth-order valence-corrected chi connectivity index (χ4v) is 4.06. The largest absolute Gasteiger partial charge is 0.423 e. The molecular weight excluding hydrogens is 546 g/mol. The van der Waals surface area contributed by atoms with Crippen LogP contribution in [-0.4, -0.2) is 50.1 Å². The maximum Gasteiger partial charge on any atom is 0.344 e. The first-order valence-electron chi connectivity index (χ1n) is 12.7. The minimum Gasteiger partial charge on any atom is -0.423 e. The Morgan fingerprint density at radius 1 is 0.881 bits per heavy atom. The van der Waals surface area contributed by atoms with Crippen molar-refractivity contribution in [2.24, 2.45) is 5.10 Å². The first-order valence-corrected chi connectivity index (χ1v) is 12.7. The smallest absolute Gasteiger partial charge is 0.344 e. The summed E-state index contributed by atoms with van der Waals surface area (Å²) >= 11 is 0. The molecule has 1 aliphatic rings. The highest BCUT2D eigenvalue weighted by molar-refractivity contribution is 5.92. The maximum absolute atomic E-state index is 12.5. The number of rotatable bonds is 10. The lowest BCUT2D eigenvalue weighted by molar-refractivity contribution is -0.394. The number of nitro groups is 2. The number of nitro benzene ring substituents is 2. The van der Waals surface area contributed by atoms with Crippen molar-refractivity contribution >= 4 is 47.1 Å². The zero-order valence-electron chi connectivity index (χ0n) is 21.9. The van der Waals surface area contributed by atoms with Gasteiger partial charge in [-0.15, -0.1) is 0 Å². The van der Waals surface area contributed by atoms with Gasteiger partial charge in [-0.3, -0.25) is 20.2 Å². The number of hydrogen-bond acceptors (Lipinski definition) is 13. The van der Waals surface area contributed by atoms with Gasteiger partial charge < -0.3 is 15.0 Å². The molecule has 5 rings (SSSR count). The number of nitrogens with one attached hydrogen (secondary N) is 2. The van der Waals surface area contributed by atoms with Gasteiger partial charge in [0.15, 0.2) is 0 Å². The van der Waals surface area contributed by atoms with Crippen molar-refractivity contribution in [3.05, 3.63) is 104 Å². The number of para-hydroxylation sites is 1. The highest BCUT2D eigenvalue weighted by Crippen LogP contribution is 2.24. The highest BCUT2D eigenvalue weighted by atomic mass is 16.6. The zero-order valence-corrected chi connectivity index (χ0v) is 21.9. The van der Waals surface area contributed by atoms with Gasteiger partial charge in [0, 0.05) is 30.9 Å². The first-order chi connectivity index (χ1) is 20.3. The van der Waals surface area contributed by atoms with Gasteiger partial charge in [-0.25, -0.2) is 10.2 Å². The summed E-state index contributed by atoms with van der Waals surface area (Å²) in [6, 6.07) is 18.3. The summed E-state index contributed by atoms with van der Waals surface area (Å²) in [6.07, 6.45) is 3.63. The number of anilines is 4. The third-order valence-electron chi connectivity index (χ3n) is 6.07.